The lowest BCUT2D eigenvalue weighted by Crippen LogP contribution is -2.27. The highest BCUT2D eigenvalue weighted by atomic mass is 16.4. The quantitative estimate of drug-likeness (QED) is 0.811. The number of aryl methyl sites for hydroxylation is 2. The molecule has 2 N–H and O–H groups in total. The largest absolute Gasteiger partial charge is 0.481 e. The highest BCUT2D eigenvalue weighted by molar-refractivity contribution is 5.70. The number of fused-ring (bicyclic) bond motifs is 1. The standard InChI is InChI=1S/C15H21NO2/c1-2-12(15(17)18)10-16-9-11-6-7-13-4-3-5-14(13)8-11/h6-8,12,16H,2-5,9-10H2,1H3,(H,17,18). The molecule has 0 amide bonds. The fraction of sp³-hybridized carbons (Fsp3) is 0.533. The monoisotopic (exact) mass is 247 g/mol. The summed E-state index contributed by atoms with van der Waals surface area (Å²) < 4.78 is 0. The summed E-state index contributed by atoms with van der Waals surface area (Å²) in [5.41, 5.74) is 4.21. The van der Waals surface area contributed by atoms with Crippen molar-refractivity contribution in [2.24, 2.45) is 5.92 Å². The van der Waals surface area contributed by atoms with Crippen LogP contribution in [0.25, 0.3) is 0 Å². The second kappa shape index (κ2) is 6.01. The topological polar surface area (TPSA) is 49.3 Å². The van der Waals surface area contributed by atoms with Gasteiger partial charge in [0.15, 0.2) is 0 Å². The SMILES string of the molecule is CCC(CNCc1ccc2c(c1)CCC2)C(=O)O. The number of carboxylic acid groups (broad SMARTS) is 1. The van der Waals surface area contributed by atoms with Crippen LogP contribution < -0.4 is 5.32 Å². The van der Waals surface area contributed by atoms with Crippen molar-refractivity contribution in [1.82, 2.24) is 5.32 Å². The van der Waals surface area contributed by atoms with Gasteiger partial charge in [-0.2, -0.15) is 0 Å². The molecule has 1 aromatic carbocycles. The van der Waals surface area contributed by atoms with Gasteiger partial charge in [-0.1, -0.05) is 25.1 Å². The average molecular weight is 247 g/mol. The third-order valence-corrected chi connectivity index (χ3v) is 3.72. The molecule has 0 heterocycles. The predicted molar refractivity (Wildman–Crippen MR) is 71.6 cm³/mol. The van der Waals surface area contributed by atoms with Crippen LogP contribution in [0.2, 0.25) is 0 Å². The van der Waals surface area contributed by atoms with E-state index in [1.54, 1.807) is 0 Å². The van der Waals surface area contributed by atoms with Gasteiger partial charge in [0.25, 0.3) is 0 Å². The maximum absolute atomic E-state index is 10.9. The Morgan fingerprint density at radius 3 is 2.89 bits per heavy atom. The van der Waals surface area contributed by atoms with Crippen LogP contribution in [-0.2, 0) is 24.2 Å². The van der Waals surface area contributed by atoms with E-state index in [0.717, 1.165) is 6.54 Å². The van der Waals surface area contributed by atoms with Crippen molar-refractivity contribution in [1.29, 1.82) is 0 Å². The van der Waals surface area contributed by atoms with Crippen molar-refractivity contribution in [3.8, 4) is 0 Å². The van der Waals surface area contributed by atoms with Crippen molar-refractivity contribution in [3.05, 3.63) is 34.9 Å². The van der Waals surface area contributed by atoms with E-state index >= 15 is 0 Å². The van der Waals surface area contributed by atoms with E-state index in [4.69, 9.17) is 5.11 Å². The maximum Gasteiger partial charge on any atom is 0.307 e. The third kappa shape index (κ3) is 3.10. The number of nitrogens with one attached hydrogen (secondary N) is 1. The molecule has 0 saturated carbocycles. The van der Waals surface area contributed by atoms with E-state index in [9.17, 15) is 4.79 Å². The number of aliphatic carboxylic acids is 1. The molecule has 1 aliphatic rings. The summed E-state index contributed by atoms with van der Waals surface area (Å²) in [6.07, 6.45) is 4.34. The van der Waals surface area contributed by atoms with Crippen molar-refractivity contribution < 1.29 is 9.90 Å². The number of hydrogen-bond donors (Lipinski definition) is 2. The first-order chi connectivity index (χ1) is 8.70. The molecule has 1 aliphatic carbocycles. The number of carbonyl (C=O) groups is 1. The Kier molecular flexibility index (Phi) is 4.37. The van der Waals surface area contributed by atoms with Crippen LogP contribution >= 0.6 is 0 Å². The fourth-order valence-corrected chi connectivity index (χ4v) is 2.53. The van der Waals surface area contributed by atoms with Crippen LogP contribution in [-0.4, -0.2) is 17.6 Å². The summed E-state index contributed by atoms with van der Waals surface area (Å²) in [7, 11) is 0. The predicted octanol–water partition coefficient (Wildman–Crippen LogP) is 2.38. The summed E-state index contributed by atoms with van der Waals surface area (Å²) >= 11 is 0. The molecule has 98 valence electrons. The van der Waals surface area contributed by atoms with Gasteiger partial charge in [0.1, 0.15) is 0 Å². The lowest BCUT2D eigenvalue weighted by Gasteiger charge is -2.11. The Labute approximate surface area is 108 Å². The molecule has 0 fully saturated rings. The Morgan fingerprint density at radius 2 is 2.17 bits per heavy atom. The van der Waals surface area contributed by atoms with E-state index in [2.05, 4.69) is 23.5 Å². The van der Waals surface area contributed by atoms with Gasteiger partial charge < -0.3 is 10.4 Å². The Hall–Kier alpha value is -1.35. The first-order valence-electron chi connectivity index (χ1n) is 6.75. The molecule has 0 aliphatic heterocycles. The van der Waals surface area contributed by atoms with Gasteiger partial charge in [-0.3, -0.25) is 4.79 Å². The smallest absolute Gasteiger partial charge is 0.307 e. The lowest BCUT2D eigenvalue weighted by atomic mass is 10.1. The highest BCUT2D eigenvalue weighted by Crippen LogP contribution is 2.22. The van der Waals surface area contributed by atoms with E-state index in [1.807, 2.05) is 6.92 Å². The average Bonchev–Trinajstić information content (AvgIpc) is 2.81. The van der Waals surface area contributed by atoms with E-state index in [0.29, 0.717) is 13.0 Å². The van der Waals surface area contributed by atoms with Crippen LogP contribution in [0.15, 0.2) is 18.2 Å². The van der Waals surface area contributed by atoms with Crippen LogP contribution in [0.5, 0.6) is 0 Å². The number of benzene rings is 1. The fourth-order valence-electron chi connectivity index (χ4n) is 2.53. The van der Waals surface area contributed by atoms with Crippen molar-refractivity contribution >= 4 is 5.97 Å². The van der Waals surface area contributed by atoms with Gasteiger partial charge in [-0.05, 0) is 42.4 Å². The van der Waals surface area contributed by atoms with Crippen LogP contribution in [0.4, 0.5) is 0 Å². The van der Waals surface area contributed by atoms with Crippen LogP contribution in [0.1, 0.15) is 36.5 Å². The normalized spacial score (nSPS) is 15.4. The Bertz CT molecular complexity index is 429. The minimum absolute atomic E-state index is 0.278. The molecule has 18 heavy (non-hydrogen) atoms. The van der Waals surface area contributed by atoms with E-state index in [1.165, 1.54) is 36.0 Å². The lowest BCUT2D eigenvalue weighted by molar-refractivity contribution is -0.141. The molecule has 1 unspecified atom stereocenters. The van der Waals surface area contributed by atoms with Gasteiger partial charge in [0.2, 0.25) is 0 Å². The van der Waals surface area contributed by atoms with Gasteiger partial charge in [0, 0.05) is 13.1 Å². The number of rotatable bonds is 6. The molecule has 3 heteroatoms. The minimum atomic E-state index is -0.709. The molecule has 3 nitrogen and oxygen atoms in total. The molecule has 1 atom stereocenters. The number of carboxylic acids is 1. The second-order valence-electron chi connectivity index (χ2n) is 5.03. The summed E-state index contributed by atoms with van der Waals surface area (Å²) in [6, 6.07) is 6.63. The van der Waals surface area contributed by atoms with Gasteiger partial charge in [-0.25, -0.2) is 0 Å². The van der Waals surface area contributed by atoms with E-state index < -0.39 is 5.97 Å². The molecule has 1 aromatic rings. The van der Waals surface area contributed by atoms with Crippen LogP contribution in [0, 0.1) is 5.92 Å². The molecule has 0 spiro atoms. The molecular formula is C15H21NO2. The van der Waals surface area contributed by atoms with Gasteiger partial charge >= 0.3 is 5.97 Å². The molecule has 0 radical (unpaired) electrons. The first-order valence-corrected chi connectivity index (χ1v) is 6.75. The third-order valence-electron chi connectivity index (χ3n) is 3.72. The van der Waals surface area contributed by atoms with Gasteiger partial charge in [0.05, 0.1) is 5.92 Å². The molecule has 2 rings (SSSR count). The zero-order valence-electron chi connectivity index (χ0n) is 10.9. The van der Waals surface area contributed by atoms with Crippen LogP contribution in [0.3, 0.4) is 0 Å². The van der Waals surface area contributed by atoms with Crippen molar-refractivity contribution in [2.45, 2.75) is 39.2 Å². The summed E-state index contributed by atoms with van der Waals surface area (Å²) in [5.74, 6) is -0.988. The summed E-state index contributed by atoms with van der Waals surface area (Å²) in [4.78, 5) is 10.9. The highest BCUT2D eigenvalue weighted by Gasteiger charge is 2.14. The zero-order chi connectivity index (χ0) is 13.0. The van der Waals surface area contributed by atoms with Crippen molar-refractivity contribution in [2.75, 3.05) is 6.54 Å². The zero-order valence-corrected chi connectivity index (χ0v) is 10.9. The minimum Gasteiger partial charge on any atom is -0.481 e. The molecule has 0 saturated heterocycles. The Balaban J connectivity index is 1.85. The molecular weight excluding hydrogens is 226 g/mol. The summed E-state index contributed by atoms with van der Waals surface area (Å²) in [6.45, 7) is 3.22. The van der Waals surface area contributed by atoms with E-state index in [-0.39, 0.29) is 5.92 Å². The number of hydrogen-bond acceptors (Lipinski definition) is 2. The summed E-state index contributed by atoms with van der Waals surface area (Å²) in [5, 5.41) is 12.2. The molecule has 0 bridgehead atoms. The Morgan fingerprint density at radius 1 is 1.39 bits per heavy atom. The van der Waals surface area contributed by atoms with Gasteiger partial charge in [-0.15, -0.1) is 0 Å². The maximum atomic E-state index is 10.9. The second-order valence-corrected chi connectivity index (χ2v) is 5.03. The molecule has 0 aromatic heterocycles. The first kappa shape index (κ1) is 13.1. The van der Waals surface area contributed by atoms with Crippen molar-refractivity contribution in [3.63, 3.8) is 0 Å².